The maximum Gasteiger partial charge on any atom is 0.303 e. The second kappa shape index (κ2) is 8.92. The SMILES string of the molecule is CC(=O)OC[C@H]1O[C@@](O)(CN)[C@@H](OC(C)=O)[C@@H](OC(C)=O)[C@@H]1OC(C)=O. The molecular weight excluding hydrogens is 354 g/mol. The van der Waals surface area contributed by atoms with Crippen molar-refractivity contribution in [1.82, 2.24) is 0 Å². The zero-order valence-corrected chi connectivity index (χ0v) is 14.9. The molecular formula is C15H23NO10. The van der Waals surface area contributed by atoms with Crippen LogP contribution in [0.5, 0.6) is 0 Å². The molecule has 11 nitrogen and oxygen atoms in total. The molecule has 11 heteroatoms. The second-order valence-corrected chi connectivity index (χ2v) is 5.69. The van der Waals surface area contributed by atoms with Crippen LogP contribution >= 0.6 is 0 Å². The molecule has 0 unspecified atom stereocenters. The number of hydrogen-bond acceptors (Lipinski definition) is 11. The normalized spacial score (nSPS) is 30.8. The van der Waals surface area contributed by atoms with Crippen molar-refractivity contribution in [1.29, 1.82) is 0 Å². The minimum Gasteiger partial charge on any atom is -0.463 e. The van der Waals surface area contributed by atoms with Gasteiger partial charge in [0.15, 0.2) is 18.3 Å². The lowest BCUT2D eigenvalue weighted by Gasteiger charge is -2.48. The summed E-state index contributed by atoms with van der Waals surface area (Å²) < 4.78 is 25.5. The van der Waals surface area contributed by atoms with E-state index in [-0.39, 0.29) is 0 Å². The predicted molar refractivity (Wildman–Crippen MR) is 82.2 cm³/mol. The van der Waals surface area contributed by atoms with Crippen molar-refractivity contribution in [3.63, 3.8) is 0 Å². The smallest absolute Gasteiger partial charge is 0.303 e. The van der Waals surface area contributed by atoms with Crippen LogP contribution in [0.4, 0.5) is 0 Å². The van der Waals surface area contributed by atoms with E-state index in [4.69, 9.17) is 29.4 Å². The molecule has 0 bridgehead atoms. The van der Waals surface area contributed by atoms with Gasteiger partial charge in [-0.2, -0.15) is 0 Å². The van der Waals surface area contributed by atoms with Crippen LogP contribution in [-0.4, -0.2) is 72.3 Å². The highest BCUT2D eigenvalue weighted by Crippen LogP contribution is 2.34. The van der Waals surface area contributed by atoms with Gasteiger partial charge in [-0.15, -0.1) is 0 Å². The minimum atomic E-state index is -2.27. The molecule has 148 valence electrons. The van der Waals surface area contributed by atoms with E-state index in [1.165, 1.54) is 0 Å². The molecule has 1 fully saturated rings. The third-order valence-electron chi connectivity index (χ3n) is 3.43. The summed E-state index contributed by atoms with van der Waals surface area (Å²) in [6, 6.07) is 0. The number of esters is 4. The molecule has 3 N–H and O–H groups in total. The zero-order chi connectivity index (χ0) is 20.1. The highest BCUT2D eigenvalue weighted by atomic mass is 16.7. The molecule has 1 aliphatic heterocycles. The third-order valence-corrected chi connectivity index (χ3v) is 3.43. The summed E-state index contributed by atoms with van der Waals surface area (Å²) in [7, 11) is 0. The van der Waals surface area contributed by atoms with Crippen molar-refractivity contribution in [2.24, 2.45) is 5.73 Å². The van der Waals surface area contributed by atoms with E-state index in [2.05, 4.69) is 0 Å². The van der Waals surface area contributed by atoms with E-state index in [0.717, 1.165) is 27.7 Å². The molecule has 0 saturated carbocycles. The van der Waals surface area contributed by atoms with Crippen LogP contribution in [-0.2, 0) is 42.9 Å². The fourth-order valence-corrected chi connectivity index (χ4v) is 2.52. The Morgan fingerprint density at radius 3 is 1.85 bits per heavy atom. The average Bonchev–Trinajstić information content (AvgIpc) is 2.50. The highest BCUT2D eigenvalue weighted by Gasteiger charge is 2.59. The van der Waals surface area contributed by atoms with Gasteiger partial charge >= 0.3 is 23.9 Å². The van der Waals surface area contributed by atoms with E-state index < -0.39 is 67.2 Å². The first-order chi connectivity index (χ1) is 12.0. The molecule has 1 aliphatic rings. The van der Waals surface area contributed by atoms with Crippen molar-refractivity contribution >= 4 is 23.9 Å². The fourth-order valence-electron chi connectivity index (χ4n) is 2.52. The van der Waals surface area contributed by atoms with Gasteiger partial charge in [-0.3, -0.25) is 19.2 Å². The summed E-state index contributed by atoms with van der Waals surface area (Å²) in [5, 5.41) is 10.7. The predicted octanol–water partition coefficient (Wildman–Crippen LogP) is -1.61. The summed E-state index contributed by atoms with van der Waals surface area (Å²) in [4.78, 5) is 45.5. The molecule has 26 heavy (non-hydrogen) atoms. The number of hydrogen-bond donors (Lipinski definition) is 2. The quantitative estimate of drug-likeness (QED) is 0.405. The summed E-state index contributed by atoms with van der Waals surface area (Å²) in [5.74, 6) is -5.30. The zero-order valence-electron chi connectivity index (χ0n) is 14.9. The second-order valence-electron chi connectivity index (χ2n) is 5.69. The number of aliphatic hydroxyl groups is 1. The Labute approximate surface area is 149 Å². The van der Waals surface area contributed by atoms with Crippen molar-refractivity contribution in [2.75, 3.05) is 13.2 Å². The Hall–Kier alpha value is -2.24. The van der Waals surface area contributed by atoms with Crippen LogP contribution < -0.4 is 5.73 Å². The topological polar surface area (TPSA) is 161 Å². The van der Waals surface area contributed by atoms with Crippen LogP contribution in [0, 0.1) is 0 Å². The fraction of sp³-hybridized carbons (Fsp3) is 0.733. The standard InChI is InChI=1S/C15H23NO10/c1-7(17)22-5-11-12(23-8(2)18)13(24-9(3)19)14(25-10(4)20)15(21,6-16)26-11/h11-14,21H,5-6,16H2,1-4H3/t11-,12-,13+,14+,15+/m1/s1. The maximum absolute atomic E-state index is 11.5. The lowest BCUT2D eigenvalue weighted by molar-refractivity contribution is -0.347. The summed E-state index contributed by atoms with van der Waals surface area (Å²) >= 11 is 0. The first-order valence-electron chi connectivity index (χ1n) is 7.75. The van der Waals surface area contributed by atoms with Crippen molar-refractivity contribution in [2.45, 2.75) is 57.9 Å². The van der Waals surface area contributed by atoms with Gasteiger partial charge in [-0.25, -0.2) is 0 Å². The van der Waals surface area contributed by atoms with Gasteiger partial charge in [-0.1, -0.05) is 0 Å². The van der Waals surface area contributed by atoms with Gasteiger partial charge in [0.25, 0.3) is 0 Å². The van der Waals surface area contributed by atoms with Gasteiger partial charge < -0.3 is 34.5 Å². The number of nitrogens with two attached hydrogens (primary N) is 1. The molecule has 5 atom stereocenters. The molecule has 0 aromatic heterocycles. The molecule has 0 amide bonds. The van der Waals surface area contributed by atoms with E-state index in [1.807, 2.05) is 0 Å². The Balaban J connectivity index is 3.32. The van der Waals surface area contributed by atoms with Gasteiger partial charge in [-0.05, 0) is 0 Å². The van der Waals surface area contributed by atoms with E-state index >= 15 is 0 Å². The molecule has 1 heterocycles. The van der Waals surface area contributed by atoms with Gasteiger partial charge in [0, 0.05) is 27.7 Å². The first kappa shape index (κ1) is 21.8. The Morgan fingerprint density at radius 1 is 0.923 bits per heavy atom. The molecule has 0 aliphatic carbocycles. The van der Waals surface area contributed by atoms with Gasteiger partial charge in [0.1, 0.15) is 12.7 Å². The Morgan fingerprint density at radius 2 is 1.42 bits per heavy atom. The molecule has 1 saturated heterocycles. The number of ether oxygens (including phenoxy) is 5. The van der Waals surface area contributed by atoms with Crippen molar-refractivity contribution in [3.8, 4) is 0 Å². The summed E-state index contributed by atoms with van der Waals surface area (Å²) in [6.07, 6.45) is -5.57. The Kier molecular flexibility index (Phi) is 7.48. The third kappa shape index (κ3) is 5.64. The van der Waals surface area contributed by atoms with E-state index in [0.29, 0.717) is 0 Å². The van der Waals surface area contributed by atoms with Gasteiger partial charge in [0.05, 0.1) is 6.54 Å². The number of rotatable bonds is 6. The monoisotopic (exact) mass is 377 g/mol. The molecule has 0 aromatic carbocycles. The number of carbonyl (C=O) groups is 4. The van der Waals surface area contributed by atoms with E-state index in [9.17, 15) is 24.3 Å². The summed E-state index contributed by atoms with van der Waals surface area (Å²) in [5.41, 5.74) is 5.54. The molecule has 0 radical (unpaired) electrons. The maximum atomic E-state index is 11.5. The minimum absolute atomic E-state index is 0.430. The van der Waals surface area contributed by atoms with Crippen LogP contribution in [0.25, 0.3) is 0 Å². The van der Waals surface area contributed by atoms with Crippen molar-refractivity contribution in [3.05, 3.63) is 0 Å². The first-order valence-corrected chi connectivity index (χ1v) is 7.75. The highest BCUT2D eigenvalue weighted by molar-refractivity contribution is 5.68. The number of carbonyl (C=O) groups excluding carboxylic acids is 4. The lowest BCUT2D eigenvalue weighted by Crippen LogP contribution is -2.70. The molecule has 0 aromatic rings. The van der Waals surface area contributed by atoms with Crippen LogP contribution in [0.3, 0.4) is 0 Å². The Bertz CT molecular complexity index is 565. The van der Waals surface area contributed by atoms with Crippen LogP contribution in [0.15, 0.2) is 0 Å². The average molecular weight is 377 g/mol. The summed E-state index contributed by atoms with van der Waals surface area (Å²) in [6.45, 7) is 3.40. The lowest BCUT2D eigenvalue weighted by atomic mass is 9.91. The van der Waals surface area contributed by atoms with Crippen molar-refractivity contribution < 1.29 is 48.0 Å². The molecule has 0 spiro atoms. The van der Waals surface area contributed by atoms with Gasteiger partial charge in [0.2, 0.25) is 5.79 Å². The molecule has 1 rings (SSSR count). The van der Waals surface area contributed by atoms with Crippen LogP contribution in [0.1, 0.15) is 27.7 Å². The van der Waals surface area contributed by atoms with Crippen LogP contribution in [0.2, 0.25) is 0 Å². The largest absolute Gasteiger partial charge is 0.463 e. The van der Waals surface area contributed by atoms with E-state index in [1.54, 1.807) is 0 Å².